The first-order chi connectivity index (χ1) is 9.75. The number of aliphatic hydroxyl groups is 1. The first-order valence-corrected chi connectivity index (χ1v) is 6.82. The van der Waals surface area contributed by atoms with Crippen molar-refractivity contribution in [3.05, 3.63) is 17.5 Å². The number of hydrogen-bond donors (Lipinski definition) is 1. The van der Waals surface area contributed by atoms with Gasteiger partial charge in [0.25, 0.3) is 5.91 Å². The second kappa shape index (κ2) is 5.67. The Morgan fingerprint density at radius 3 is 2.67 bits per heavy atom. The van der Waals surface area contributed by atoms with Crippen molar-refractivity contribution in [3.63, 3.8) is 0 Å². The highest BCUT2D eigenvalue weighted by atomic mass is 19.4. The number of aliphatic hydroxyl groups excluding tert-OH is 1. The van der Waals surface area contributed by atoms with Crippen molar-refractivity contribution in [2.75, 3.05) is 13.6 Å². The third-order valence-corrected chi connectivity index (χ3v) is 3.61. The standard InChI is InChI=1S/C13H18F3N3O2/c1-3-19-11(13(14,15)16)9(6-17-19)12(21)18(2)7-10(20)8-4-5-8/h6,8,10,20H,3-5,7H2,1-2H3. The van der Waals surface area contributed by atoms with Crippen LogP contribution in [0.15, 0.2) is 6.20 Å². The summed E-state index contributed by atoms with van der Waals surface area (Å²) in [5.74, 6) is -0.623. The molecule has 1 heterocycles. The summed E-state index contributed by atoms with van der Waals surface area (Å²) in [7, 11) is 1.39. The lowest BCUT2D eigenvalue weighted by molar-refractivity contribution is -0.144. The van der Waals surface area contributed by atoms with Crippen LogP contribution in [0, 0.1) is 5.92 Å². The Morgan fingerprint density at radius 1 is 1.57 bits per heavy atom. The molecule has 1 saturated carbocycles. The van der Waals surface area contributed by atoms with E-state index < -0.39 is 29.4 Å². The fraction of sp³-hybridized carbons (Fsp3) is 0.692. The number of aromatic nitrogens is 2. The van der Waals surface area contributed by atoms with Gasteiger partial charge in [-0.15, -0.1) is 0 Å². The van der Waals surface area contributed by atoms with E-state index in [1.54, 1.807) is 0 Å². The minimum Gasteiger partial charge on any atom is -0.391 e. The fourth-order valence-corrected chi connectivity index (χ4v) is 2.28. The number of likely N-dealkylation sites (N-methyl/N-ethyl adjacent to an activating group) is 1. The minimum atomic E-state index is -4.65. The molecule has 0 bridgehead atoms. The van der Waals surface area contributed by atoms with Crippen molar-refractivity contribution < 1.29 is 23.1 Å². The van der Waals surface area contributed by atoms with Crippen LogP contribution in [-0.4, -0.2) is 45.4 Å². The zero-order chi connectivity index (χ0) is 15.8. The molecule has 0 radical (unpaired) electrons. The molecule has 5 nitrogen and oxygen atoms in total. The van der Waals surface area contributed by atoms with Gasteiger partial charge in [-0.05, 0) is 25.7 Å². The van der Waals surface area contributed by atoms with E-state index in [0.717, 1.165) is 28.6 Å². The average Bonchev–Trinajstić information content (AvgIpc) is 3.15. The molecule has 0 saturated heterocycles. The van der Waals surface area contributed by atoms with E-state index in [0.29, 0.717) is 0 Å². The number of halogens is 3. The second-order valence-electron chi connectivity index (χ2n) is 5.31. The van der Waals surface area contributed by atoms with Crippen LogP contribution in [0.2, 0.25) is 0 Å². The molecule has 1 fully saturated rings. The molecule has 1 atom stereocenters. The van der Waals surface area contributed by atoms with E-state index >= 15 is 0 Å². The summed E-state index contributed by atoms with van der Waals surface area (Å²) in [5.41, 5.74) is -1.52. The average molecular weight is 305 g/mol. The molecule has 1 aromatic heterocycles. The molecular weight excluding hydrogens is 287 g/mol. The van der Waals surface area contributed by atoms with E-state index in [9.17, 15) is 23.1 Å². The molecule has 1 aromatic rings. The van der Waals surface area contributed by atoms with Gasteiger partial charge in [-0.3, -0.25) is 9.48 Å². The van der Waals surface area contributed by atoms with Gasteiger partial charge in [0.05, 0.1) is 17.9 Å². The van der Waals surface area contributed by atoms with Crippen molar-refractivity contribution in [1.82, 2.24) is 14.7 Å². The number of rotatable bonds is 5. The lowest BCUT2D eigenvalue weighted by Crippen LogP contribution is -2.36. The summed E-state index contributed by atoms with van der Waals surface area (Å²) in [5, 5.41) is 13.4. The number of carbonyl (C=O) groups excluding carboxylic acids is 1. The Balaban J connectivity index is 2.20. The molecule has 1 aliphatic rings. The van der Waals surface area contributed by atoms with Gasteiger partial charge in [0, 0.05) is 20.1 Å². The maximum absolute atomic E-state index is 13.1. The van der Waals surface area contributed by atoms with E-state index in [4.69, 9.17) is 0 Å². The zero-order valence-corrected chi connectivity index (χ0v) is 11.9. The molecule has 1 amide bonds. The summed E-state index contributed by atoms with van der Waals surface area (Å²) >= 11 is 0. The Kier molecular flexibility index (Phi) is 4.27. The van der Waals surface area contributed by atoms with Gasteiger partial charge in [0.2, 0.25) is 0 Å². The summed E-state index contributed by atoms with van der Waals surface area (Å²) in [6.07, 6.45) is -2.60. The molecule has 0 aromatic carbocycles. The molecule has 2 rings (SSSR count). The van der Waals surface area contributed by atoms with Gasteiger partial charge in [-0.25, -0.2) is 0 Å². The van der Waals surface area contributed by atoms with Crippen LogP contribution in [0.1, 0.15) is 35.8 Å². The number of hydrogen-bond acceptors (Lipinski definition) is 3. The smallest absolute Gasteiger partial charge is 0.391 e. The van der Waals surface area contributed by atoms with E-state index in [1.165, 1.54) is 14.0 Å². The van der Waals surface area contributed by atoms with Crippen LogP contribution in [0.4, 0.5) is 13.2 Å². The molecule has 118 valence electrons. The first kappa shape index (κ1) is 15.8. The number of aryl methyl sites for hydroxylation is 1. The van der Waals surface area contributed by atoms with Gasteiger partial charge in [-0.1, -0.05) is 0 Å². The summed E-state index contributed by atoms with van der Waals surface area (Å²) in [6, 6.07) is 0. The number of nitrogens with zero attached hydrogens (tertiary/aromatic N) is 3. The third-order valence-electron chi connectivity index (χ3n) is 3.61. The van der Waals surface area contributed by atoms with E-state index in [-0.39, 0.29) is 19.0 Å². The van der Waals surface area contributed by atoms with Crippen molar-refractivity contribution >= 4 is 5.91 Å². The maximum Gasteiger partial charge on any atom is 0.433 e. The Morgan fingerprint density at radius 2 is 2.19 bits per heavy atom. The van der Waals surface area contributed by atoms with E-state index in [1.807, 2.05) is 0 Å². The summed E-state index contributed by atoms with van der Waals surface area (Å²) < 4.78 is 40.0. The monoisotopic (exact) mass is 305 g/mol. The topological polar surface area (TPSA) is 58.4 Å². The normalized spacial score (nSPS) is 16.9. The van der Waals surface area contributed by atoms with Crippen molar-refractivity contribution in [1.29, 1.82) is 0 Å². The van der Waals surface area contributed by atoms with Gasteiger partial charge >= 0.3 is 6.18 Å². The summed E-state index contributed by atoms with van der Waals surface area (Å²) in [4.78, 5) is 13.3. The van der Waals surface area contributed by atoms with Crippen molar-refractivity contribution in [2.24, 2.45) is 5.92 Å². The molecular formula is C13H18F3N3O2. The molecule has 8 heteroatoms. The molecule has 0 aliphatic heterocycles. The minimum absolute atomic E-state index is 0.0243. The molecule has 0 spiro atoms. The lowest BCUT2D eigenvalue weighted by atomic mass is 10.2. The third kappa shape index (κ3) is 3.37. The Bertz CT molecular complexity index is 523. The highest BCUT2D eigenvalue weighted by Gasteiger charge is 2.41. The maximum atomic E-state index is 13.1. The Hall–Kier alpha value is -1.57. The predicted octanol–water partition coefficient (Wildman–Crippen LogP) is 1.76. The molecule has 21 heavy (non-hydrogen) atoms. The van der Waals surface area contributed by atoms with Gasteiger partial charge in [0.1, 0.15) is 0 Å². The first-order valence-electron chi connectivity index (χ1n) is 6.82. The lowest BCUT2D eigenvalue weighted by Gasteiger charge is -2.21. The van der Waals surface area contributed by atoms with Crippen LogP contribution >= 0.6 is 0 Å². The number of alkyl halides is 3. The van der Waals surface area contributed by atoms with Crippen LogP contribution in [0.25, 0.3) is 0 Å². The van der Waals surface area contributed by atoms with Crippen LogP contribution in [-0.2, 0) is 12.7 Å². The van der Waals surface area contributed by atoms with Crippen LogP contribution in [0.5, 0.6) is 0 Å². The fourth-order valence-electron chi connectivity index (χ4n) is 2.28. The molecule has 1 N–H and O–H groups in total. The SMILES string of the molecule is CCn1ncc(C(=O)N(C)CC(O)C2CC2)c1C(F)(F)F. The van der Waals surface area contributed by atoms with E-state index in [2.05, 4.69) is 5.10 Å². The largest absolute Gasteiger partial charge is 0.433 e. The van der Waals surface area contributed by atoms with Gasteiger partial charge in [-0.2, -0.15) is 18.3 Å². The zero-order valence-electron chi connectivity index (χ0n) is 11.9. The van der Waals surface area contributed by atoms with Crippen molar-refractivity contribution in [3.8, 4) is 0 Å². The van der Waals surface area contributed by atoms with Gasteiger partial charge in [0.15, 0.2) is 5.69 Å². The predicted molar refractivity (Wildman–Crippen MR) is 68.6 cm³/mol. The van der Waals surface area contributed by atoms with Crippen molar-refractivity contribution in [2.45, 2.75) is 38.6 Å². The quantitative estimate of drug-likeness (QED) is 0.902. The van der Waals surface area contributed by atoms with Crippen LogP contribution in [0.3, 0.4) is 0 Å². The number of carbonyl (C=O) groups is 1. The van der Waals surface area contributed by atoms with Crippen LogP contribution < -0.4 is 0 Å². The number of amides is 1. The summed E-state index contributed by atoms with van der Waals surface area (Å²) in [6.45, 7) is 1.58. The molecule has 1 aliphatic carbocycles. The second-order valence-corrected chi connectivity index (χ2v) is 5.31. The Labute approximate surface area is 120 Å². The molecule has 1 unspecified atom stereocenters. The highest BCUT2D eigenvalue weighted by Crippen LogP contribution is 2.34. The highest BCUT2D eigenvalue weighted by molar-refractivity contribution is 5.95. The van der Waals surface area contributed by atoms with Gasteiger partial charge < -0.3 is 10.0 Å².